The van der Waals surface area contributed by atoms with E-state index in [9.17, 15) is 18.0 Å². The molecule has 0 atom stereocenters. The predicted molar refractivity (Wildman–Crippen MR) is 100 cm³/mol. The molecule has 0 spiro atoms. The lowest BCUT2D eigenvalue weighted by Crippen LogP contribution is -2.16. The lowest BCUT2D eigenvalue weighted by atomic mass is 10.2. The van der Waals surface area contributed by atoms with Crippen LogP contribution in [0.4, 0.5) is 18.9 Å². The van der Waals surface area contributed by atoms with Gasteiger partial charge in [0.1, 0.15) is 5.69 Å². The van der Waals surface area contributed by atoms with Crippen LogP contribution < -0.4 is 5.32 Å². The molecule has 3 heterocycles. The van der Waals surface area contributed by atoms with Gasteiger partial charge in [-0.1, -0.05) is 23.2 Å². The molecule has 148 valence electrons. The van der Waals surface area contributed by atoms with Crippen molar-refractivity contribution in [3.8, 4) is 11.5 Å². The molecule has 3 aromatic heterocycles. The Balaban J connectivity index is 1.78. The van der Waals surface area contributed by atoms with Gasteiger partial charge in [0.25, 0.3) is 5.91 Å². The molecule has 29 heavy (non-hydrogen) atoms. The fourth-order valence-corrected chi connectivity index (χ4v) is 2.95. The van der Waals surface area contributed by atoms with Crippen molar-refractivity contribution in [2.45, 2.75) is 6.18 Å². The van der Waals surface area contributed by atoms with E-state index >= 15 is 0 Å². The average Bonchev–Trinajstić information content (AvgIpc) is 3.32. The predicted octanol–water partition coefficient (Wildman–Crippen LogP) is 5.57. The van der Waals surface area contributed by atoms with Crippen LogP contribution in [0.2, 0.25) is 10.0 Å². The Bertz CT molecular complexity index is 1220. The number of alkyl halides is 3. The molecule has 0 radical (unpaired) electrons. The first-order valence-electron chi connectivity index (χ1n) is 8.00. The molecule has 0 aliphatic heterocycles. The van der Waals surface area contributed by atoms with Crippen LogP contribution in [0.3, 0.4) is 0 Å². The average molecular weight is 441 g/mol. The second kappa shape index (κ2) is 7.09. The highest BCUT2D eigenvalue weighted by atomic mass is 35.5. The van der Waals surface area contributed by atoms with Crippen LogP contribution in [0.5, 0.6) is 0 Å². The molecule has 1 N–H and O–H groups in total. The van der Waals surface area contributed by atoms with Crippen LogP contribution in [-0.4, -0.2) is 20.5 Å². The van der Waals surface area contributed by atoms with Crippen molar-refractivity contribution in [1.82, 2.24) is 14.6 Å². The highest BCUT2D eigenvalue weighted by molar-refractivity contribution is 6.35. The summed E-state index contributed by atoms with van der Waals surface area (Å²) in [6.07, 6.45) is -3.42. The molecule has 1 aromatic carbocycles. The van der Waals surface area contributed by atoms with Crippen molar-refractivity contribution < 1.29 is 22.4 Å². The molecule has 0 unspecified atom stereocenters. The summed E-state index contributed by atoms with van der Waals surface area (Å²) in [5.41, 5.74) is -1.40. The number of hydrogen-bond acceptors (Lipinski definition) is 4. The van der Waals surface area contributed by atoms with Gasteiger partial charge < -0.3 is 9.73 Å². The van der Waals surface area contributed by atoms with Crippen LogP contribution in [0, 0.1) is 0 Å². The van der Waals surface area contributed by atoms with Crippen LogP contribution >= 0.6 is 23.2 Å². The number of halogens is 5. The lowest BCUT2D eigenvalue weighted by molar-refractivity contribution is -0.142. The molecule has 0 fully saturated rings. The molecule has 0 saturated heterocycles. The van der Waals surface area contributed by atoms with Crippen molar-refractivity contribution >= 4 is 40.4 Å². The van der Waals surface area contributed by atoms with Gasteiger partial charge in [-0.25, -0.2) is 9.50 Å². The Labute approximate surface area is 170 Å². The summed E-state index contributed by atoms with van der Waals surface area (Å²) in [7, 11) is 0. The van der Waals surface area contributed by atoms with Gasteiger partial charge in [0, 0.05) is 11.1 Å². The maximum Gasteiger partial charge on any atom is 0.433 e. The summed E-state index contributed by atoms with van der Waals surface area (Å²) in [4.78, 5) is 16.6. The smallest absolute Gasteiger partial charge is 0.433 e. The highest BCUT2D eigenvalue weighted by Crippen LogP contribution is 2.32. The Hall–Kier alpha value is -3.04. The standard InChI is InChI=1S/C18H9Cl2F3N4O2/c19-9-3-4-10(20)11(6-9)25-17(28)13-8-16-24-12(14-2-1-5-29-14)7-15(18(21,22)23)27(16)26-13/h1-8H,(H,25,28). The largest absolute Gasteiger partial charge is 0.463 e. The minimum absolute atomic E-state index is 0.0421. The number of carbonyl (C=O) groups is 1. The molecule has 0 bridgehead atoms. The number of furan rings is 1. The van der Waals surface area contributed by atoms with Crippen LogP contribution in [-0.2, 0) is 6.18 Å². The van der Waals surface area contributed by atoms with Gasteiger partial charge in [-0.15, -0.1) is 0 Å². The molecular weight excluding hydrogens is 432 g/mol. The van der Waals surface area contributed by atoms with E-state index in [-0.39, 0.29) is 33.5 Å². The third kappa shape index (κ3) is 3.79. The quantitative estimate of drug-likeness (QED) is 0.452. The SMILES string of the molecule is O=C(Nc1cc(Cl)ccc1Cl)c1cc2nc(-c3ccco3)cc(C(F)(F)F)n2n1. The molecule has 1 amide bonds. The van der Waals surface area contributed by atoms with Gasteiger partial charge >= 0.3 is 6.18 Å². The maximum absolute atomic E-state index is 13.5. The third-order valence-electron chi connectivity index (χ3n) is 3.90. The Kier molecular flexibility index (Phi) is 4.71. The summed E-state index contributed by atoms with van der Waals surface area (Å²) in [6.45, 7) is 0. The normalized spacial score (nSPS) is 11.8. The highest BCUT2D eigenvalue weighted by Gasteiger charge is 2.36. The number of fused-ring (bicyclic) bond motifs is 1. The van der Waals surface area contributed by atoms with E-state index in [4.69, 9.17) is 27.6 Å². The van der Waals surface area contributed by atoms with Gasteiger partial charge in [0.15, 0.2) is 22.8 Å². The second-order valence-corrected chi connectivity index (χ2v) is 6.72. The molecule has 11 heteroatoms. The first-order chi connectivity index (χ1) is 13.7. The summed E-state index contributed by atoms with van der Waals surface area (Å²) >= 11 is 11.9. The van der Waals surface area contributed by atoms with Crippen LogP contribution in [0.1, 0.15) is 16.2 Å². The number of benzene rings is 1. The number of rotatable bonds is 3. The second-order valence-electron chi connectivity index (χ2n) is 5.88. The summed E-state index contributed by atoms with van der Waals surface area (Å²) in [5, 5.41) is 6.77. The van der Waals surface area contributed by atoms with E-state index in [1.165, 1.54) is 36.6 Å². The zero-order valence-electron chi connectivity index (χ0n) is 14.2. The Morgan fingerprint density at radius 1 is 1.14 bits per heavy atom. The topological polar surface area (TPSA) is 72.4 Å². The molecule has 0 aliphatic carbocycles. The summed E-state index contributed by atoms with van der Waals surface area (Å²) < 4.78 is 46.3. The van der Waals surface area contributed by atoms with Gasteiger partial charge in [-0.2, -0.15) is 18.3 Å². The van der Waals surface area contributed by atoms with E-state index in [2.05, 4.69) is 15.4 Å². The van der Waals surface area contributed by atoms with E-state index in [0.717, 1.165) is 12.1 Å². The van der Waals surface area contributed by atoms with Gasteiger partial charge in [-0.3, -0.25) is 4.79 Å². The number of carbonyl (C=O) groups excluding carboxylic acids is 1. The number of amides is 1. The fourth-order valence-electron chi connectivity index (χ4n) is 2.62. The Morgan fingerprint density at radius 3 is 2.62 bits per heavy atom. The molecule has 4 rings (SSSR count). The molecule has 0 aliphatic rings. The number of nitrogens with zero attached hydrogens (tertiary/aromatic N) is 3. The van der Waals surface area contributed by atoms with Gasteiger partial charge in [0.2, 0.25) is 0 Å². The minimum atomic E-state index is -4.74. The monoisotopic (exact) mass is 440 g/mol. The fraction of sp³-hybridized carbons (Fsp3) is 0.0556. The maximum atomic E-state index is 13.5. The number of nitrogens with one attached hydrogen (secondary N) is 1. The number of aromatic nitrogens is 3. The molecule has 4 aromatic rings. The summed E-state index contributed by atoms with van der Waals surface area (Å²) in [5.74, 6) is -0.622. The number of anilines is 1. The first kappa shape index (κ1) is 19.3. The first-order valence-corrected chi connectivity index (χ1v) is 8.76. The van der Waals surface area contributed by atoms with Gasteiger partial charge in [-0.05, 0) is 36.4 Å². The van der Waals surface area contributed by atoms with Crippen molar-refractivity contribution in [1.29, 1.82) is 0 Å². The van der Waals surface area contributed by atoms with E-state index < -0.39 is 17.8 Å². The van der Waals surface area contributed by atoms with E-state index in [1.54, 1.807) is 0 Å². The van der Waals surface area contributed by atoms with Crippen molar-refractivity contribution in [3.05, 3.63) is 70.2 Å². The van der Waals surface area contributed by atoms with Gasteiger partial charge in [0.05, 0.1) is 17.0 Å². The summed E-state index contributed by atoms with van der Waals surface area (Å²) in [6, 6.07) is 9.35. The zero-order valence-corrected chi connectivity index (χ0v) is 15.7. The Morgan fingerprint density at radius 2 is 1.93 bits per heavy atom. The van der Waals surface area contributed by atoms with Crippen molar-refractivity contribution in [3.63, 3.8) is 0 Å². The van der Waals surface area contributed by atoms with Crippen molar-refractivity contribution in [2.75, 3.05) is 5.32 Å². The van der Waals surface area contributed by atoms with Crippen LogP contribution in [0.15, 0.2) is 53.1 Å². The minimum Gasteiger partial charge on any atom is -0.463 e. The van der Waals surface area contributed by atoms with Crippen molar-refractivity contribution in [2.24, 2.45) is 0 Å². The molecular formula is C18H9Cl2F3N4O2. The van der Waals surface area contributed by atoms with E-state index in [1.807, 2.05) is 0 Å². The lowest BCUT2D eigenvalue weighted by Gasteiger charge is -2.10. The molecule has 0 saturated carbocycles. The number of hydrogen-bond donors (Lipinski definition) is 1. The zero-order chi connectivity index (χ0) is 20.8. The van der Waals surface area contributed by atoms with Crippen LogP contribution in [0.25, 0.3) is 17.1 Å². The van der Waals surface area contributed by atoms with E-state index in [0.29, 0.717) is 9.54 Å². The third-order valence-corrected chi connectivity index (χ3v) is 4.47. The molecule has 6 nitrogen and oxygen atoms in total.